The number of hydrogen-bond acceptors (Lipinski definition) is 5. The van der Waals surface area contributed by atoms with Crippen LogP contribution in [0.4, 0.5) is 5.95 Å². The number of thiocarbonyl (C=S) groups is 1. The summed E-state index contributed by atoms with van der Waals surface area (Å²) in [5, 5.41) is 3.16. The van der Waals surface area contributed by atoms with Crippen LogP contribution in [0.1, 0.15) is 18.5 Å². The highest BCUT2D eigenvalue weighted by molar-refractivity contribution is 7.80. The minimum absolute atomic E-state index is 0.283. The molecule has 2 heterocycles. The summed E-state index contributed by atoms with van der Waals surface area (Å²) in [6, 6.07) is 1.70. The molecule has 2 aromatic heterocycles. The molecule has 7 heteroatoms. The van der Waals surface area contributed by atoms with Crippen molar-refractivity contribution in [2.75, 3.05) is 11.9 Å². The molecule has 0 bridgehead atoms. The third-order valence-corrected chi connectivity index (χ3v) is 2.80. The van der Waals surface area contributed by atoms with Crippen molar-refractivity contribution in [2.24, 2.45) is 5.73 Å². The first-order valence-electron chi connectivity index (χ1n) is 6.08. The molecule has 6 nitrogen and oxygen atoms in total. The summed E-state index contributed by atoms with van der Waals surface area (Å²) in [5.41, 5.74) is 6.11. The fourth-order valence-corrected chi connectivity index (χ4v) is 1.73. The summed E-state index contributed by atoms with van der Waals surface area (Å²) in [6.07, 6.45) is 9.31. The number of nitrogens with zero attached hydrogens (tertiary/aromatic N) is 4. The molecule has 2 rings (SSSR count). The first-order chi connectivity index (χ1) is 9.25. The van der Waals surface area contributed by atoms with Crippen molar-refractivity contribution >= 4 is 23.2 Å². The average molecular weight is 276 g/mol. The van der Waals surface area contributed by atoms with Crippen molar-refractivity contribution < 1.29 is 0 Å². The number of hydrogen-bond donors (Lipinski definition) is 2. The second-order valence-corrected chi connectivity index (χ2v) is 4.50. The van der Waals surface area contributed by atoms with Crippen LogP contribution in [0.3, 0.4) is 0 Å². The minimum Gasteiger partial charge on any atom is -0.388 e. The second-order valence-electron chi connectivity index (χ2n) is 4.06. The Balaban J connectivity index is 1.70. The predicted molar refractivity (Wildman–Crippen MR) is 77.9 cm³/mol. The SMILES string of the molecule is NC(=S)c1ccnc(NCCCCn2ccnc2)n1. The van der Waals surface area contributed by atoms with Gasteiger partial charge in [0.2, 0.25) is 5.95 Å². The Labute approximate surface area is 117 Å². The summed E-state index contributed by atoms with van der Waals surface area (Å²) >= 11 is 4.87. The van der Waals surface area contributed by atoms with Crippen LogP contribution < -0.4 is 11.1 Å². The van der Waals surface area contributed by atoms with Gasteiger partial charge in [-0.15, -0.1) is 0 Å². The van der Waals surface area contributed by atoms with E-state index in [1.54, 1.807) is 18.5 Å². The molecule has 0 aliphatic heterocycles. The van der Waals surface area contributed by atoms with Crippen molar-refractivity contribution in [3.05, 3.63) is 36.7 Å². The van der Waals surface area contributed by atoms with Gasteiger partial charge in [-0.3, -0.25) is 0 Å². The summed E-state index contributed by atoms with van der Waals surface area (Å²) in [6.45, 7) is 1.78. The Bertz CT molecular complexity index is 525. The normalized spacial score (nSPS) is 10.3. The van der Waals surface area contributed by atoms with Crippen LogP contribution in [0.25, 0.3) is 0 Å². The van der Waals surface area contributed by atoms with E-state index in [0.29, 0.717) is 11.6 Å². The van der Waals surface area contributed by atoms with Gasteiger partial charge in [0.15, 0.2) is 0 Å². The molecule has 0 fully saturated rings. The smallest absolute Gasteiger partial charge is 0.223 e. The maximum absolute atomic E-state index is 5.52. The van der Waals surface area contributed by atoms with Crippen molar-refractivity contribution in [1.82, 2.24) is 19.5 Å². The summed E-state index contributed by atoms with van der Waals surface area (Å²) in [5.74, 6) is 0.563. The molecule has 0 saturated carbocycles. The Kier molecular flexibility index (Phi) is 4.79. The van der Waals surface area contributed by atoms with E-state index >= 15 is 0 Å². The summed E-state index contributed by atoms with van der Waals surface area (Å²) < 4.78 is 2.06. The lowest BCUT2D eigenvalue weighted by Gasteiger charge is -2.06. The van der Waals surface area contributed by atoms with Gasteiger partial charge in [-0.05, 0) is 18.9 Å². The van der Waals surface area contributed by atoms with E-state index in [9.17, 15) is 0 Å². The molecule has 0 radical (unpaired) electrons. The zero-order valence-corrected chi connectivity index (χ0v) is 11.3. The molecule has 0 spiro atoms. The van der Waals surface area contributed by atoms with Crippen LogP contribution in [-0.4, -0.2) is 31.1 Å². The molecule has 0 amide bonds. The van der Waals surface area contributed by atoms with E-state index in [0.717, 1.165) is 25.9 Å². The third-order valence-electron chi connectivity index (χ3n) is 2.59. The monoisotopic (exact) mass is 276 g/mol. The highest BCUT2D eigenvalue weighted by atomic mass is 32.1. The van der Waals surface area contributed by atoms with Crippen LogP contribution in [0.15, 0.2) is 31.0 Å². The second kappa shape index (κ2) is 6.79. The molecule has 0 saturated heterocycles. The zero-order valence-electron chi connectivity index (χ0n) is 10.5. The molecule has 2 aromatic rings. The van der Waals surface area contributed by atoms with Gasteiger partial charge >= 0.3 is 0 Å². The number of nitrogens with one attached hydrogen (secondary N) is 1. The predicted octanol–water partition coefficient (Wildman–Crippen LogP) is 1.20. The lowest BCUT2D eigenvalue weighted by atomic mass is 10.3. The van der Waals surface area contributed by atoms with Gasteiger partial charge < -0.3 is 15.6 Å². The Morgan fingerprint density at radius 1 is 1.37 bits per heavy atom. The maximum Gasteiger partial charge on any atom is 0.223 e. The van der Waals surface area contributed by atoms with Gasteiger partial charge in [0.1, 0.15) is 10.7 Å². The zero-order chi connectivity index (χ0) is 13.5. The fourth-order valence-electron chi connectivity index (χ4n) is 1.62. The fraction of sp³-hybridized carbons (Fsp3) is 0.333. The van der Waals surface area contributed by atoms with E-state index in [-0.39, 0.29) is 4.99 Å². The van der Waals surface area contributed by atoms with Gasteiger partial charge in [-0.25, -0.2) is 15.0 Å². The minimum atomic E-state index is 0.283. The topological polar surface area (TPSA) is 81.6 Å². The largest absolute Gasteiger partial charge is 0.388 e. The molecular weight excluding hydrogens is 260 g/mol. The molecule has 0 aromatic carbocycles. The van der Waals surface area contributed by atoms with E-state index in [1.165, 1.54) is 0 Å². The number of nitrogens with two attached hydrogens (primary N) is 1. The molecule has 0 unspecified atom stereocenters. The van der Waals surface area contributed by atoms with Gasteiger partial charge in [0.05, 0.1) is 6.33 Å². The van der Waals surface area contributed by atoms with E-state index in [2.05, 4.69) is 24.8 Å². The number of imidazole rings is 1. The summed E-state index contributed by atoms with van der Waals surface area (Å²) in [7, 11) is 0. The summed E-state index contributed by atoms with van der Waals surface area (Å²) in [4.78, 5) is 12.6. The van der Waals surface area contributed by atoms with Gasteiger partial charge in [-0.1, -0.05) is 12.2 Å². The van der Waals surface area contributed by atoms with E-state index < -0.39 is 0 Å². The first kappa shape index (κ1) is 13.4. The standard InChI is InChI=1S/C12H16N6S/c13-11(19)10-3-5-16-12(17-10)15-4-1-2-7-18-8-6-14-9-18/h3,5-6,8-9H,1-2,4,7H2,(H2,13,19)(H,15,16,17). The Morgan fingerprint density at radius 3 is 3.00 bits per heavy atom. The molecule has 3 N–H and O–H groups in total. The molecule has 19 heavy (non-hydrogen) atoms. The number of unbranched alkanes of at least 4 members (excludes halogenated alkanes) is 1. The lowest BCUT2D eigenvalue weighted by Crippen LogP contribution is -2.14. The average Bonchev–Trinajstić information content (AvgIpc) is 2.92. The number of rotatable bonds is 7. The van der Waals surface area contributed by atoms with Crippen molar-refractivity contribution in [1.29, 1.82) is 0 Å². The van der Waals surface area contributed by atoms with Crippen molar-refractivity contribution in [2.45, 2.75) is 19.4 Å². The van der Waals surface area contributed by atoms with E-state index in [4.69, 9.17) is 18.0 Å². The molecule has 0 aliphatic carbocycles. The highest BCUT2D eigenvalue weighted by Gasteiger charge is 2.00. The molecule has 0 aliphatic rings. The van der Waals surface area contributed by atoms with Crippen molar-refractivity contribution in [3.8, 4) is 0 Å². The van der Waals surface area contributed by atoms with Gasteiger partial charge in [0.25, 0.3) is 0 Å². The quantitative estimate of drug-likeness (QED) is 0.584. The molecule has 0 atom stereocenters. The van der Waals surface area contributed by atoms with Crippen LogP contribution in [0, 0.1) is 0 Å². The first-order valence-corrected chi connectivity index (χ1v) is 6.49. The van der Waals surface area contributed by atoms with E-state index in [1.807, 2.05) is 12.5 Å². The number of aromatic nitrogens is 4. The van der Waals surface area contributed by atoms with Crippen molar-refractivity contribution in [3.63, 3.8) is 0 Å². The molecule has 100 valence electrons. The maximum atomic E-state index is 5.52. The number of anilines is 1. The highest BCUT2D eigenvalue weighted by Crippen LogP contribution is 2.02. The van der Waals surface area contributed by atoms with Gasteiger partial charge in [-0.2, -0.15) is 0 Å². The van der Waals surface area contributed by atoms with Crippen LogP contribution in [0.5, 0.6) is 0 Å². The lowest BCUT2D eigenvalue weighted by molar-refractivity contribution is 0.620. The number of aryl methyl sites for hydroxylation is 1. The van der Waals surface area contributed by atoms with Crippen LogP contribution >= 0.6 is 12.2 Å². The Hall–Kier alpha value is -2.02. The molecular formula is C12H16N6S. The van der Waals surface area contributed by atoms with Crippen LogP contribution in [-0.2, 0) is 6.54 Å². The van der Waals surface area contributed by atoms with Gasteiger partial charge in [0, 0.05) is 31.7 Å². The Morgan fingerprint density at radius 2 is 2.26 bits per heavy atom. The van der Waals surface area contributed by atoms with Crippen LogP contribution in [0.2, 0.25) is 0 Å². The third kappa shape index (κ3) is 4.29.